The minimum absolute atomic E-state index is 0.0127. The Balaban J connectivity index is 2.27. The predicted molar refractivity (Wildman–Crippen MR) is 86.2 cm³/mol. The van der Waals surface area contributed by atoms with E-state index in [1.807, 2.05) is 26.0 Å². The fraction of sp³-hybridized carbons (Fsp3) is 0.438. The molecule has 23 heavy (non-hydrogen) atoms. The van der Waals surface area contributed by atoms with Crippen LogP contribution in [0, 0.1) is 0 Å². The lowest BCUT2D eigenvalue weighted by Crippen LogP contribution is -2.35. The van der Waals surface area contributed by atoms with Gasteiger partial charge in [0.25, 0.3) is 0 Å². The standard InChI is InChI=1S/C16H21NO5S/c1-11(2)14-7-6-12(16(18)19)9-15(14)23(20,21)17-10-13-5-3-4-8-22-13/h3-4,6-7,9,11,13,17H,5,8,10H2,1-2H3,(H,18,19). The average molecular weight is 339 g/mol. The van der Waals surface area contributed by atoms with Gasteiger partial charge in [-0.3, -0.25) is 0 Å². The Kier molecular flexibility index (Phi) is 5.56. The summed E-state index contributed by atoms with van der Waals surface area (Å²) in [5.41, 5.74) is 0.540. The number of rotatable bonds is 6. The van der Waals surface area contributed by atoms with Crippen LogP contribution in [0.4, 0.5) is 0 Å². The predicted octanol–water partition coefficient (Wildman–Crippen LogP) is 2.13. The van der Waals surface area contributed by atoms with Crippen molar-refractivity contribution in [1.82, 2.24) is 4.72 Å². The van der Waals surface area contributed by atoms with Crippen molar-refractivity contribution in [3.8, 4) is 0 Å². The summed E-state index contributed by atoms with van der Waals surface area (Å²) in [4.78, 5) is 11.1. The maximum Gasteiger partial charge on any atom is 0.335 e. The molecule has 0 saturated carbocycles. The monoisotopic (exact) mass is 339 g/mol. The van der Waals surface area contributed by atoms with Gasteiger partial charge in [0, 0.05) is 6.54 Å². The third-order valence-electron chi connectivity index (χ3n) is 3.67. The molecule has 0 amide bonds. The maximum atomic E-state index is 12.6. The van der Waals surface area contributed by atoms with Crippen LogP contribution in [0.1, 0.15) is 42.1 Å². The average Bonchev–Trinajstić information content (AvgIpc) is 2.53. The highest BCUT2D eigenvalue weighted by Gasteiger charge is 2.23. The van der Waals surface area contributed by atoms with Gasteiger partial charge in [0.2, 0.25) is 10.0 Å². The summed E-state index contributed by atoms with van der Waals surface area (Å²) in [6.45, 7) is 4.35. The van der Waals surface area contributed by atoms with Crippen LogP contribution in [0.25, 0.3) is 0 Å². The van der Waals surface area contributed by atoms with Crippen LogP contribution < -0.4 is 4.72 Å². The van der Waals surface area contributed by atoms with Gasteiger partial charge < -0.3 is 9.84 Å². The molecule has 1 unspecified atom stereocenters. The smallest absolute Gasteiger partial charge is 0.335 e. The largest absolute Gasteiger partial charge is 0.478 e. The molecule has 0 radical (unpaired) electrons. The first kappa shape index (κ1) is 17.7. The summed E-state index contributed by atoms with van der Waals surface area (Å²) >= 11 is 0. The molecule has 0 aromatic heterocycles. The molecule has 1 heterocycles. The zero-order valence-corrected chi connectivity index (χ0v) is 14.0. The molecule has 1 aromatic carbocycles. The molecule has 1 aliphatic heterocycles. The first-order valence-electron chi connectivity index (χ1n) is 7.44. The molecule has 0 spiro atoms. The van der Waals surface area contributed by atoms with Crippen LogP contribution in [0.2, 0.25) is 0 Å². The van der Waals surface area contributed by atoms with Crippen LogP contribution >= 0.6 is 0 Å². The molecular weight excluding hydrogens is 318 g/mol. The van der Waals surface area contributed by atoms with Gasteiger partial charge in [-0.1, -0.05) is 32.1 Å². The van der Waals surface area contributed by atoms with Crippen molar-refractivity contribution in [3.63, 3.8) is 0 Å². The highest BCUT2D eigenvalue weighted by atomic mass is 32.2. The summed E-state index contributed by atoms with van der Waals surface area (Å²) in [6.07, 6.45) is 4.28. The van der Waals surface area contributed by atoms with Crippen LogP contribution in [0.3, 0.4) is 0 Å². The number of sulfonamides is 1. The van der Waals surface area contributed by atoms with E-state index < -0.39 is 16.0 Å². The molecule has 126 valence electrons. The molecule has 1 aromatic rings. The van der Waals surface area contributed by atoms with E-state index in [1.165, 1.54) is 12.1 Å². The van der Waals surface area contributed by atoms with E-state index in [9.17, 15) is 13.2 Å². The fourth-order valence-corrected chi connectivity index (χ4v) is 3.83. The number of nitrogens with one attached hydrogen (secondary N) is 1. The number of carboxylic acids is 1. The maximum absolute atomic E-state index is 12.6. The Hall–Kier alpha value is -1.70. The van der Waals surface area contributed by atoms with E-state index in [-0.39, 0.29) is 29.0 Å². The molecule has 1 atom stereocenters. The SMILES string of the molecule is CC(C)c1ccc(C(=O)O)cc1S(=O)(=O)NCC1CC=CCO1. The normalized spacial score (nSPS) is 18.3. The number of ether oxygens (including phenoxy) is 1. The quantitative estimate of drug-likeness (QED) is 0.775. The van der Waals surface area contributed by atoms with Gasteiger partial charge in [-0.25, -0.2) is 17.9 Å². The van der Waals surface area contributed by atoms with Crippen molar-refractivity contribution >= 4 is 16.0 Å². The summed E-state index contributed by atoms with van der Waals surface area (Å²) in [7, 11) is -3.81. The van der Waals surface area contributed by atoms with Crippen molar-refractivity contribution < 1.29 is 23.1 Å². The van der Waals surface area contributed by atoms with Crippen LogP contribution in [0.5, 0.6) is 0 Å². The van der Waals surface area contributed by atoms with Crippen LogP contribution in [-0.4, -0.2) is 38.7 Å². The Morgan fingerprint density at radius 1 is 1.39 bits per heavy atom. The second-order valence-corrected chi connectivity index (χ2v) is 7.46. The first-order valence-corrected chi connectivity index (χ1v) is 8.93. The van der Waals surface area contributed by atoms with Gasteiger partial charge in [0.05, 0.1) is 23.2 Å². The second-order valence-electron chi connectivity index (χ2n) is 5.73. The van der Waals surface area contributed by atoms with Gasteiger partial charge >= 0.3 is 5.97 Å². The van der Waals surface area contributed by atoms with Crippen molar-refractivity contribution in [3.05, 3.63) is 41.5 Å². The Morgan fingerprint density at radius 2 is 2.13 bits per heavy atom. The second kappa shape index (κ2) is 7.25. The summed E-state index contributed by atoms with van der Waals surface area (Å²) in [6, 6.07) is 4.19. The van der Waals surface area contributed by atoms with Crippen molar-refractivity contribution in [1.29, 1.82) is 0 Å². The number of carbonyl (C=O) groups is 1. The van der Waals surface area contributed by atoms with E-state index in [4.69, 9.17) is 9.84 Å². The van der Waals surface area contributed by atoms with Crippen LogP contribution in [0.15, 0.2) is 35.2 Å². The topological polar surface area (TPSA) is 92.7 Å². The lowest BCUT2D eigenvalue weighted by Gasteiger charge is -2.20. The van der Waals surface area contributed by atoms with Crippen molar-refractivity contribution in [2.45, 2.75) is 37.2 Å². The summed E-state index contributed by atoms with van der Waals surface area (Å²) < 4.78 is 33.2. The zero-order valence-electron chi connectivity index (χ0n) is 13.2. The molecule has 7 heteroatoms. The Bertz CT molecular complexity index is 709. The van der Waals surface area contributed by atoms with E-state index in [1.54, 1.807) is 6.07 Å². The minimum atomic E-state index is -3.81. The lowest BCUT2D eigenvalue weighted by molar-refractivity contribution is 0.0695. The van der Waals surface area contributed by atoms with Gasteiger partial charge in [-0.15, -0.1) is 0 Å². The summed E-state index contributed by atoms with van der Waals surface area (Å²) in [5.74, 6) is -1.20. The number of benzene rings is 1. The molecule has 0 bridgehead atoms. The Labute approximate surface area is 136 Å². The number of aromatic carboxylic acids is 1. The number of hydrogen-bond donors (Lipinski definition) is 2. The molecule has 0 aliphatic carbocycles. The van der Waals surface area contributed by atoms with Gasteiger partial charge in [-0.05, 0) is 30.0 Å². The molecular formula is C16H21NO5S. The van der Waals surface area contributed by atoms with Gasteiger partial charge in [-0.2, -0.15) is 0 Å². The molecule has 0 saturated heterocycles. The third-order valence-corrected chi connectivity index (χ3v) is 5.15. The first-order chi connectivity index (χ1) is 10.8. The van der Waals surface area contributed by atoms with Gasteiger partial charge in [0.15, 0.2) is 0 Å². The molecule has 2 N–H and O–H groups in total. The zero-order chi connectivity index (χ0) is 17.0. The highest BCUT2D eigenvalue weighted by molar-refractivity contribution is 7.89. The molecule has 2 rings (SSSR count). The van der Waals surface area contributed by atoms with Crippen molar-refractivity contribution in [2.24, 2.45) is 0 Å². The Morgan fingerprint density at radius 3 is 2.70 bits per heavy atom. The summed E-state index contributed by atoms with van der Waals surface area (Å²) in [5, 5.41) is 9.10. The molecule has 6 nitrogen and oxygen atoms in total. The van der Waals surface area contributed by atoms with E-state index >= 15 is 0 Å². The minimum Gasteiger partial charge on any atom is -0.478 e. The van der Waals surface area contributed by atoms with E-state index in [0.29, 0.717) is 18.6 Å². The number of hydrogen-bond acceptors (Lipinski definition) is 4. The van der Waals surface area contributed by atoms with E-state index in [2.05, 4.69) is 4.72 Å². The number of carboxylic acid groups (broad SMARTS) is 1. The molecule has 1 aliphatic rings. The van der Waals surface area contributed by atoms with Crippen LogP contribution in [-0.2, 0) is 14.8 Å². The third kappa shape index (κ3) is 4.40. The molecule has 0 fully saturated rings. The van der Waals surface area contributed by atoms with Crippen molar-refractivity contribution in [2.75, 3.05) is 13.2 Å². The lowest BCUT2D eigenvalue weighted by atomic mass is 10.0. The highest BCUT2D eigenvalue weighted by Crippen LogP contribution is 2.25. The van der Waals surface area contributed by atoms with Gasteiger partial charge in [0.1, 0.15) is 0 Å². The fourth-order valence-electron chi connectivity index (χ4n) is 2.38. The van der Waals surface area contributed by atoms with E-state index in [0.717, 1.165) is 0 Å².